The summed E-state index contributed by atoms with van der Waals surface area (Å²) in [6.45, 7) is 4.61. The Balaban J connectivity index is 2.12. The Kier molecular flexibility index (Phi) is 5.28. The highest BCUT2D eigenvalue weighted by atomic mass is 14.3. The molecule has 18 heavy (non-hydrogen) atoms. The van der Waals surface area contributed by atoms with E-state index in [0.29, 0.717) is 0 Å². The van der Waals surface area contributed by atoms with Crippen LogP contribution in [-0.2, 0) is 0 Å². The zero-order valence-electron chi connectivity index (χ0n) is 12.1. The SMILES string of the molecule is CCCCC1CCC(CCCC)c2ccccc21. The molecule has 100 valence electrons. The maximum absolute atomic E-state index is 2.40. The fourth-order valence-electron chi connectivity index (χ4n) is 3.47. The lowest BCUT2D eigenvalue weighted by molar-refractivity contribution is 0.430. The van der Waals surface area contributed by atoms with Gasteiger partial charge in [-0.2, -0.15) is 0 Å². The van der Waals surface area contributed by atoms with Crippen LogP contribution in [-0.4, -0.2) is 0 Å². The molecule has 1 aliphatic carbocycles. The molecule has 0 amide bonds. The number of unbranched alkanes of at least 4 members (excludes halogenated alkanes) is 2. The van der Waals surface area contributed by atoms with Crippen LogP contribution in [0.5, 0.6) is 0 Å². The van der Waals surface area contributed by atoms with Gasteiger partial charge in [-0.05, 0) is 48.6 Å². The van der Waals surface area contributed by atoms with Crippen LogP contribution < -0.4 is 0 Å². The molecule has 0 radical (unpaired) electrons. The van der Waals surface area contributed by atoms with E-state index in [2.05, 4.69) is 38.1 Å². The number of hydrogen-bond donors (Lipinski definition) is 0. The molecule has 2 atom stereocenters. The average Bonchev–Trinajstić information content (AvgIpc) is 2.43. The van der Waals surface area contributed by atoms with Gasteiger partial charge in [-0.15, -0.1) is 0 Å². The van der Waals surface area contributed by atoms with Crippen molar-refractivity contribution in [3.63, 3.8) is 0 Å². The Hall–Kier alpha value is -0.780. The summed E-state index contributed by atoms with van der Waals surface area (Å²) in [6, 6.07) is 9.27. The summed E-state index contributed by atoms with van der Waals surface area (Å²) in [7, 11) is 0. The smallest absolute Gasteiger partial charge is 0.0159 e. The lowest BCUT2D eigenvalue weighted by Crippen LogP contribution is -2.14. The molecule has 0 fully saturated rings. The van der Waals surface area contributed by atoms with E-state index in [-0.39, 0.29) is 0 Å². The maximum atomic E-state index is 2.40. The van der Waals surface area contributed by atoms with Gasteiger partial charge in [-0.3, -0.25) is 0 Å². The second kappa shape index (κ2) is 6.97. The van der Waals surface area contributed by atoms with E-state index in [1.165, 1.54) is 51.4 Å². The van der Waals surface area contributed by atoms with Crippen molar-refractivity contribution in [1.29, 1.82) is 0 Å². The number of benzene rings is 1. The summed E-state index contributed by atoms with van der Waals surface area (Å²) in [5.74, 6) is 1.69. The number of rotatable bonds is 6. The van der Waals surface area contributed by atoms with Crippen LogP contribution in [0.4, 0.5) is 0 Å². The molecule has 0 saturated heterocycles. The first kappa shape index (κ1) is 13.6. The summed E-state index contributed by atoms with van der Waals surface area (Å²) >= 11 is 0. The molecule has 2 rings (SSSR count). The van der Waals surface area contributed by atoms with E-state index in [4.69, 9.17) is 0 Å². The van der Waals surface area contributed by atoms with Crippen molar-refractivity contribution in [2.45, 2.75) is 77.0 Å². The molecule has 0 heterocycles. The van der Waals surface area contributed by atoms with Crippen molar-refractivity contribution < 1.29 is 0 Å². The molecular weight excluding hydrogens is 216 g/mol. The first-order valence-electron chi connectivity index (χ1n) is 7.95. The van der Waals surface area contributed by atoms with Crippen molar-refractivity contribution in [1.82, 2.24) is 0 Å². The van der Waals surface area contributed by atoms with Crippen LogP contribution >= 0.6 is 0 Å². The van der Waals surface area contributed by atoms with E-state index in [1.54, 1.807) is 11.1 Å². The largest absolute Gasteiger partial charge is 0.0654 e. The lowest BCUT2D eigenvalue weighted by atomic mass is 9.73. The molecule has 0 bridgehead atoms. The van der Waals surface area contributed by atoms with Crippen LogP contribution in [0.2, 0.25) is 0 Å². The number of fused-ring (bicyclic) bond motifs is 1. The maximum Gasteiger partial charge on any atom is -0.0159 e. The summed E-state index contributed by atoms with van der Waals surface area (Å²) < 4.78 is 0. The van der Waals surface area contributed by atoms with E-state index in [1.807, 2.05) is 0 Å². The molecule has 1 aliphatic rings. The fraction of sp³-hybridized carbons (Fsp3) is 0.667. The number of hydrogen-bond acceptors (Lipinski definition) is 0. The molecule has 0 aromatic heterocycles. The Morgan fingerprint density at radius 1 is 0.833 bits per heavy atom. The Labute approximate surface area is 113 Å². The Bertz CT molecular complexity index is 318. The van der Waals surface area contributed by atoms with Gasteiger partial charge in [0, 0.05) is 0 Å². The lowest BCUT2D eigenvalue weighted by Gasteiger charge is -2.31. The third-order valence-corrected chi connectivity index (χ3v) is 4.55. The molecule has 0 nitrogen and oxygen atoms in total. The highest BCUT2D eigenvalue weighted by Crippen LogP contribution is 2.42. The predicted molar refractivity (Wildman–Crippen MR) is 80.2 cm³/mol. The highest BCUT2D eigenvalue weighted by Gasteiger charge is 2.25. The summed E-state index contributed by atoms with van der Waals surface area (Å²) in [5.41, 5.74) is 3.36. The van der Waals surface area contributed by atoms with Gasteiger partial charge in [0.15, 0.2) is 0 Å². The minimum absolute atomic E-state index is 0.846. The van der Waals surface area contributed by atoms with Gasteiger partial charge in [-0.25, -0.2) is 0 Å². The third-order valence-electron chi connectivity index (χ3n) is 4.55. The standard InChI is InChI=1S/C18H28/c1-3-5-9-15-13-14-16(10-6-4-2)18-12-8-7-11-17(15)18/h7-8,11-12,15-16H,3-6,9-10,13-14H2,1-2H3. The Morgan fingerprint density at radius 3 is 1.67 bits per heavy atom. The summed E-state index contributed by atoms with van der Waals surface area (Å²) in [6.07, 6.45) is 11.1. The van der Waals surface area contributed by atoms with Gasteiger partial charge in [0.05, 0.1) is 0 Å². The molecular formula is C18H28. The van der Waals surface area contributed by atoms with E-state index >= 15 is 0 Å². The highest BCUT2D eigenvalue weighted by molar-refractivity contribution is 5.35. The molecule has 0 N–H and O–H groups in total. The zero-order chi connectivity index (χ0) is 12.8. The molecule has 2 unspecified atom stereocenters. The normalized spacial score (nSPS) is 22.8. The van der Waals surface area contributed by atoms with Crippen molar-refractivity contribution in [3.05, 3.63) is 35.4 Å². The second-order valence-electron chi connectivity index (χ2n) is 5.88. The minimum atomic E-state index is 0.846. The second-order valence-corrected chi connectivity index (χ2v) is 5.88. The van der Waals surface area contributed by atoms with Gasteiger partial charge in [0.1, 0.15) is 0 Å². The molecule has 1 aromatic carbocycles. The van der Waals surface area contributed by atoms with Crippen LogP contribution in [0.3, 0.4) is 0 Å². The van der Waals surface area contributed by atoms with E-state index in [0.717, 1.165) is 11.8 Å². The Morgan fingerprint density at radius 2 is 1.28 bits per heavy atom. The van der Waals surface area contributed by atoms with Crippen molar-refractivity contribution in [2.24, 2.45) is 0 Å². The molecule has 1 aromatic rings. The topological polar surface area (TPSA) is 0 Å². The summed E-state index contributed by atoms with van der Waals surface area (Å²) in [4.78, 5) is 0. The van der Waals surface area contributed by atoms with E-state index < -0.39 is 0 Å². The molecule has 0 saturated carbocycles. The zero-order valence-corrected chi connectivity index (χ0v) is 12.1. The van der Waals surface area contributed by atoms with Crippen LogP contribution in [0, 0.1) is 0 Å². The van der Waals surface area contributed by atoms with Gasteiger partial charge in [0.25, 0.3) is 0 Å². The molecule has 0 spiro atoms. The predicted octanol–water partition coefficient (Wildman–Crippen LogP) is 6.03. The monoisotopic (exact) mass is 244 g/mol. The van der Waals surface area contributed by atoms with Crippen LogP contribution in [0.25, 0.3) is 0 Å². The van der Waals surface area contributed by atoms with Crippen molar-refractivity contribution in [3.8, 4) is 0 Å². The molecule has 0 aliphatic heterocycles. The van der Waals surface area contributed by atoms with Gasteiger partial charge >= 0.3 is 0 Å². The van der Waals surface area contributed by atoms with Gasteiger partial charge in [-0.1, -0.05) is 63.8 Å². The first-order chi connectivity index (χ1) is 8.86. The van der Waals surface area contributed by atoms with Gasteiger partial charge < -0.3 is 0 Å². The first-order valence-corrected chi connectivity index (χ1v) is 7.95. The van der Waals surface area contributed by atoms with Crippen LogP contribution in [0.1, 0.15) is 88.2 Å². The van der Waals surface area contributed by atoms with Crippen molar-refractivity contribution in [2.75, 3.05) is 0 Å². The summed E-state index contributed by atoms with van der Waals surface area (Å²) in [5, 5.41) is 0. The fourth-order valence-corrected chi connectivity index (χ4v) is 3.47. The van der Waals surface area contributed by atoms with Gasteiger partial charge in [0.2, 0.25) is 0 Å². The quantitative estimate of drug-likeness (QED) is 0.573. The third kappa shape index (κ3) is 3.16. The molecule has 0 heteroatoms. The van der Waals surface area contributed by atoms with Crippen LogP contribution in [0.15, 0.2) is 24.3 Å². The van der Waals surface area contributed by atoms with E-state index in [9.17, 15) is 0 Å². The van der Waals surface area contributed by atoms with Crippen molar-refractivity contribution >= 4 is 0 Å². The average molecular weight is 244 g/mol. The minimum Gasteiger partial charge on any atom is -0.0654 e.